The van der Waals surface area contributed by atoms with Crippen LogP contribution in [0.25, 0.3) is 0 Å². The molecular formula is C18H21N5O2. The van der Waals surface area contributed by atoms with Gasteiger partial charge in [-0.25, -0.2) is 4.98 Å². The van der Waals surface area contributed by atoms with Gasteiger partial charge in [0.15, 0.2) is 0 Å². The number of imidazole rings is 1. The molecule has 0 radical (unpaired) electrons. The van der Waals surface area contributed by atoms with Crippen LogP contribution in [-0.2, 0) is 17.8 Å². The predicted octanol–water partition coefficient (Wildman–Crippen LogP) is 1.32. The van der Waals surface area contributed by atoms with Crippen molar-refractivity contribution in [3.8, 4) is 0 Å². The fourth-order valence-electron chi connectivity index (χ4n) is 3.77. The highest BCUT2D eigenvalue weighted by molar-refractivity contribution is 5.93. The number of likely N-dealkylation sites (tertiary alicyclic amines) is 1. The Morgan fingerprint density at radius 1 is 1.36 bits per heavy atom. The summed E-state index contributed by atoms with van der Waals surface area (Å²) in [6.07, 6.45) is 8.70. The Labute approximate surface area is 146 Å². The summed E-state index contributed by atoms with van der Waals surface area (Å²) >= 11 is 0. The maximum Gasteiger partial charge on any atom is 0.271 e. The van der Waals surface area contributed by atoms with Crippen LogP contribution < -0.4 is 5.32 Å². The number of amides is 2. The molecular weight excluding hydrogens is 318 g/mol. The maximum atomic E-state index is 12.7. The van der Waals surface area contributed by atoms with Crippen LogP contribution in [0.2, 0.25) is 0 Å². The van der Waals surface area contributed by atoms with Crippen LogP contribution in [0.4, 0.5) is 0 Å². The van der Waals surface area contributed by atoms with Gasteiger partial charge in [-0.05, 0) is 24.5 Å². The van der Waals surface area contributed by atoms with Gasteiger partial charge in [-0.15, -0.1) is 0 Å². The average Bonchev–Trinajstić information content (AvgIpc) is 3.17. The molecule has 4 heterocycles. The Morgan fingerprint density at radius 3 is 3.00 bits per heavy atom. The molecule has 130 valence electrons. The van der Waals surface area contributed by atoms with E-state index < -0.39 is 0 Å². The summed E-state index contributed by atoms with van der Waals surface area (Å²) in [4.78, 5) is 35.1. The van der Waals surface area contributed by atoms with E-state index in [2.05, 4.69) is 19.9 Å². The largest absolute Gasteiger partial charge is 0.345 e. The molecule has 2 amide bonds. The number of pyridine rings is 1. The van der Waals surface area contributed by atoms with Crippen molar-refractivity contribution < 1.29 is 9.59 Å². The molecule has 0 saturated carbocycles. The number of nitrogens with one attached hydrogen (secondary N) is 1. The van der Waals surface area contributed by atoms with Crippen molar-refractivity contribution in [1.29, 1.82) is 0 Å². The number of carbonyl (C=O) groups excluding carboxylic acids is 2. The van der Waals surface area contributed by atoms with Crippen LogP contribution in [0.3, 0.4) is 0 Å². The Morgan fingerprint density at radius 2 is 2.24 bits per heavy atom. The second-order valence-corrected chi connectivity index (χ2v) is 6.71. The third kappa shape index (κ3) is 2.90. The second-order valence-electron chi connectivity index (χ2n) is 6.71. The van der Waals surface area contributed by atoms with Gasteiger partial charge in [-0.3, -0.25) is 14.6 Å². The molecule has 0 spiro atoms. The average molecular weight is 339 g/mol. The number of aromatic nitrogens is 3. The standard InChI is InChI=1S/C18H21N5O2/c1-22-16(24)9-13(17(22)12-5-4-7-19-10-12)21-18(25)14-11-23-8-3-2-6-15(23)20-14/h4-5,7,10-11,13,17H,2-3,6,8-9H2,1H3,(H,21,25)/t13-,17+/m1/s1. The van der Waals surface area contributed by atoms with Gasteiger partial charge in [0.2, 0.25) is 5.91 Å². The first-order valence-corrected chi connectivity index (χ1v) is 8.66. The number of aryl methyl sites for hydroxylation is 2. The zero-order chi connectivity index (χ0) is 17.4. The molecule has 0 aromatic carbocycles. The highest BCUT2D eigenvalue weighted by atomic mass is 16.2. The second kappa shape index (κ2) is 6.31. The molecule has 7 heteroatoms. The topological polar surface area (TPSA) is 80.1 Å². The van der Waals surface area contributed by atoms with E-state index in [0.29, 0.717) is 5.69 Å². The number of hydrogen-bond acceptors (Lipinski definition) is 4. The molecule has 25 heavy (non-hydrogen) atoms. The summed E-state index contributed by atoms with van der Waals surface area (Å²) in [7, 11) is 1.77. The van der Waals surface area contributed by atoms with Gasteiger partial charge in [-0.1, -0.05) is 6.07 Å². The summed E-state index contributed by atoms with van der Waals surface area (Å²) < 4.78 is 2.06. The lowest BCUT2D eigenvalue weighted by Gasteiger charge is -2.25. The fraction of sp³-hybridized carbons (Fsp3) is 0.444. The maximum absolute atomic E-state index is 12.7. The summed E-state index contributed by atoms with van der Waals surface area (Å²) in [5.74, 6) is 0.770. The molecule has 4 rings (SSSR count). The van der Waals surface area contributed by atoms with Crippen molar-refractivity contribution >= 4 is 11.8 Å². The predicted molar refractivity (Wildman–Crippen MR) is 90.8 cm³/mol. The number of nitrogens with zero attached hydrogens (tertiary/aromatic N) is 4. The molecule has 2 atom stereocenters. The molecule has 2 aliphatic heterocycles. The normalized spacial score (nSPS) is 22.8. The molecule has 2 aliphatic rings. The van der Waals surface area contributed by atoms with Gasteiger partial charge < -0.3 is 14.8 Å². The molecule has 0 aliphatic carbocycles. The minimum Gasteiger partial charge on any atom is -0.345 e. The summed E-state index contributed by atoms with van der Waals surface area (Å²) in [6, 6.07) is 3.28. The Bertz CT molecular complexity index is 778. The van der Waals surface area contributed by atoms with E-state index in [-0.39, 0.29) is 30.3 Å². The quantitative estimate of drug-likeness (QED) is 0.914. The van der Waals surface area contributed by atoms with E-state index in [1.54, 1.807) is 24.3 Å². The van der Waals surface area contributed by atoms with Crippen molar-refractivity contribution in [3.63, 3.8) is 0 Å². The number of fused-ring (bicyclic) bond motifs is 1. The van der Waals surface area contributed by atoms with E-state index in [0.717, 1.165) is 37.2 Å². The van der Waals surface area contributed by atoms with Crippen molar-refractivity contribution in [2.45, 2.75) is 44.3 Å². The highest BCUT2D eigenvalue weighted by Gasteiger charge is 2.39. The first-order chi connectivity index (χ1) is 12.1. The third-order valence-corrected chi connectivity index (χ3v) is 5.07. The van der Waals surface area contributed by atoms with Crippen LogP contribution >= 0.6 is 0 Å². The number of carbonyl (C=O) groups is 2. The number of likely N-dealkylation sites (N-methyl/N-ethyl adjacent to an activating group) is 1. The van der Waals surface area contributed by atoms with Crippen LogP contribution in [-0.4, -0.2) is 44.3 Å². The van der Waals surface area contributed by atoms with Gasteiger partial charge in [0.1, 0.15) is 11.5 Å². The first-order valence-electron chi connectivity index (χ1n) is 8.66. The van der Waals surface area contributed by atoms with Gasteiger partial charge >= 0.3 is 0 Å². The number of rotatable bonds is 3. The number of hydrogen-bond donors (Lipinski definition) is 1. The Balaban J connectivity index is 1.55. The minimum atomic E-state index is -0.284. The monoisotopic (exact) mass is 339 g/mol. The van der Waals surface area contributed by atoms with Crippen molar-refractivity contribution in [3.05, 3.63) is 47.8 Å². The molecule has 1 fully saturated rings. The Hall–Kier alpha value is -2.70. The zero-order valence-corrected chi connectivity index (χ0v) is 14.2. The highest BCUT2D eigenvalue weighted by Crippen LogP contribution is 2.31. The molecule has 1 saturated heterocycles. The third-order valence-electron chi connectivity index (χ3n) is 5.07. The van der Waals surface area contributed by atoms with E-state index in [1.165, 1.54) is 0 Å². The molecule has 7 nitrogen and oxygen atoms in total. The lowest BCUT2D eigenvalue weighted by molar-refractivity contribution is -0.127. The van der Waals surface area contributed by atoms with E-state index in [1.807, 2.05) is 18.3 Å². The SMILES string of the molecule is CN1C(=O)C[C@@H](NC(=O)c2cn3c(n2)CCCC3)[C@@H]1c1cccnc1. The van der Waals surface area contributed by atoms with E-state index in [9.17, 15) is 9.59 Å². The van der Waals surface area contributed by atoms with Gasteiger partial charge in [0.05, 0.1) is 12.1 Å². The van der Waals surface area contributed by atoms with Crippen molar-refractivity contribution in [2.75, 3.05) is 7.05 Å². The van der Waals surface area contributed by atoms with Gasteiger partial charge in [0.25, 0.3) is 5.91 Å². The van der Waals surface area contributed by atoms with Crippen molar-refractivity contribution in [1.82, 2.24) is 24.8 Å². The molecule has 2 aromatic rings. The van der Waals surface area contributed by atoms with Crippen LogP contribution in [0.1, 0.15) is 47.2 Å². The lowest BCUT2D eigenvalue weighted by atomic mass is 10.0. The molecule has 1 N–H and O–H groups in total. The van der Waals surface area contributed by atoms with Crippen LogP contribution in [0, 0.1) is 0 Å². The molecule has 0 unspecified atom stereocenters. The summed E-state index contributed by atoms with van der Waals surface area (Å²) in [5.41, 5.74) is 1.36. The van der Waals surface area contributed by atoms with Crippen LogP contribution in [0.15, 0.2) is 30.7 Å². The smallest absolute Gasteiger partial charge is 0.271 e. The molecule has 0 bridgehead atoms. The van der Waals surface area contributed by atoms with E-state index in [4.69, 9.17) is 0 Å². The first kappa shape index (κ1) is 15.8. The minimum absolute atomic E-state index is 0.0169. The zero-order valence-electron chi connectivity index (χ0n) is 14.2. The van der Waals surface area contributed by atoms with E-state index >= 15 is 0 Å². The Kier molecular flexibility index (Phi) is 3.99. The van der Waals surface area contributed by atoms with Gasteiger partial charge in [-0.2, -0.15) is 0 Å². The lowest BCUT2D eigenvalue weighted by Crippen LogP contribution is -2.39. The fourth-order valence-corrected chi connectivity index (χ4v) is 3.77. The summed E-state index contributed by atoms with van der Waals surface area (Å²) in [5, 5.41) is 3.01. The van der Waals surface area contributed by atoms with Gasteiger partial charge in [0, 0.05) is 45.0 Å². The van der Waals surface area contributed by atoms with Crippen LogP contribution in [0.5, 0.6) is 0 Å². The molecule has 2 aromatic heterocycles. The van der Waals surface area contributed by atoms with Crippen molar-refractivity contribution in [2.24, 2.45) is 0 Å². The summed E-state index contributed by atoms with van der Waals surface area (Å²) in [6.45, 7) is 0.915.